The Balaban J connectivity index is 1.94. The minimum Gasteiger partial charge on any atom is -0.311 e. The van der Waals surface area contributed by atoms with E-state index in [9.17, 15) is 9.59 Å². The number of aromatic nitrogens is 4. The van der Waals surface area contributed by atoms with Crippen LogP contribution >= 0.6 is 0 Å². The zero-order valence-corrected chi connectivity index (χ0v) is 17.7. The van der Waals surface area contributed by atoms with E-state index in [4.69, 9.17) is 4.98 Å². The molecule has 0 N–H and O–H groups in total. The maximum atomic E-state index is 13.3. The van der Waals surface area contributed by atoms with Crippen LogP contribution in [0.2, 0.25) is 0 Å². The Morgan fingerprint density at radius 1 is 1.14 bits per heavy atom. The van der Waals surface area contributed by atoms with Gasteiger partial charge in [-0.25, -0.2) is 4.79 Å². The third kappa shape index (κ3) is 3.18. The molecule has 0 unspecified atom stereocenters. The molecule has 0 saturated carbocycles. The lowest BCUT2D eigenvalue weighted by atomic mass is 10.1. The number of aryl methyl sites for hydroxylation is 2. The number of rotatable bonds is 5. The van der Waals surface area contributed by atoms with E-state index in [-0.39, 0.29) is 11.2 Å². The fourth-order valence-corrected chi connectivity index (χ4v) is 4.29. The summed E-state index contributed by atoms with van der Waals surface area (Å²) in [6.45, 7) is 8.37. The molecule has 0 saturated heterocycles. The van der Waals surface area contributed by atoms with Crippen molar-refractivity contribution in [3.63, 3.8) is 0 Å². The normalized spacial score (nSPS) is 16.4. The monoisotopic (exact) mass is 395 g/mol. The topological polar surface area (TPSA) is 65.1 Å². The van der Waals surface area contributed by atoms with E-state index in [1.54, 1.807) is 7.05 Å². The van der Waals surface area contributed by atoms with Crippen molar-refractivity contribution >= 4 is 22.8 Å². The van der Waals surface area contributed by atoms with Gasteiger partial charge in [-0.15, -0.1) is 0 Å². The number of fused-ring (bicyclic) bond motifs is 3. The molecular weight excluding hydrogens is 366 g/mol. The van der Waals surface area contributed by atoms with Crippen molar-refractivity contribution in [1.29, 1.82) is 0 Å². The maximum Gasteiger partial charge on any atom is 0.332 e. The number of hydrogen-bond donors (Lipinski definition) is 0. The lowest BCUT2D eigenvalue weighted by Crippen LogP contribution is -2.40. The number of unbranched alkanes of at least 4 members (excludes halogenated alkanes) is 2. The summed E-state index contributed by atoms with van der Waals surface area (Å²) in [7, 11) is 1.71. The van der Waals surface area contributed by atoms with Gasteiger partial charge in [0.25, 0.3) is 5.56 Å². The van der Waals surface area contributed by atoms with E-state index >= 15 is 0 Å². The summed E-state index contributed by atoms with van der Waals surface area (Å²) < 4.78 is 4.91. The lowest BCUT2D eigenvalue weighted by molar-refractivity contribution is 0.457. The van der Waals surface area contributed by atoms with Crippen molar-refractivity contribution in [3.8, 4) is 0 Å². The molecule has 0 radical (unpaired) electrons. The molecule has 1 atom stereocenters. The van der Waals surface area contributed by atoms with Gasteiger partial charge in [0.05, 0.1) is 0 Å². The third-order valence-electron chi connectivity index (χ3n) is 5.83. The Kier molecular flexibility index (Phi) is 5.06. The van der Waals surface area contributed by atoms with Gasteiger partial charge in [0.1, 0.15) is 0 Å². The summed E-state index contributed by atoms with van der Waals surface area (Å²) in [5, 5.41) is 0. The van der Waals surface area contributed by atoms with Crippen molar-refractivity contribution in [2.75, 3.05) is 11.4 Å². The van der Waals surface area contributed by atoms with Gasteiger partial charge < -0.3 is 9.47 Å². The highest BCUT2D eigenvalue weighted by molar-refractivity contribution is 5.77. The molecule has 1 aliphatic rings. The SMILES string of the molecule is CCCCCn1c(=O)c2c(nc3n2C[C@H](C)CN3c2ccccc2C)n(C)c1=O. The number of hydrogen-bond acceptors (Lipinski definition) is 4. The van der Waals surface area contributed by atoms with Gasteiger partial charge in [-0.1, -0.05) is 44.9 Å². The van der Waals surface area contributed by atoms with Gasteiger partial charge >= 0.3 is 5.69 Å². The van der Waals surface area contributed by atoms with E-state index < -0.39 is 0 Å². The van der Waals surface area contributed by atoms with E-state index in [0.717, 1.165) is 49.6 Å². The van der Waals surface area contributed by atoms with Crippen molar-refractivity contribution in [2.45, 2.75) is 53.1 Å². The number of anilines is 2. The Morgan fingerprint density at radius 2 is 1.90 bits per heavy atom. The average molecular weight is 396 g/mol. The summed E-state index contributed by atoms with van der Waals surface area (Å²) in [6, 6.07) is 8.20. The van der Waals surface area contributed by atoms with E-state index in [0.29, 0.717) is 23.6 Å². The Labute approximate surface area is 170 Å². The Hall–Kier alpha value is -2.83. The van der Waals surface area contributed by atoms with Crippen molar-refractivity contribution in [2.24, 2.45) is 13.0 Å². The molecule has 2 aromatic heterocycles. The van der Waals surface area contributed by atoms with Crippen molar-refractivity contribution in [1.82, 2.24) is 18.7 Å². The summed E-state index contributed by atoms with van der Waals surface area (Å²) >= 11 is 0. The van der Waals surface area contributed by atoms with E-state index in [1.807, 2.05) is 16.7 Å². The zero-order valence-electron chi connectivity index (χ0n) is 17.7. The van der Waals surface area contributed by atoms with Gasteiger partial charge in [0.15, 0.2) is 11.2 Å². The largest absolute Gasteiger partial charge is 0.332 e. The number of benzene rings is 1. The predicted octanol–water partition coefficient (Wildman–Crippen LogP) is 3.18. The van der Waals surface area contributed by atoms with Crippen molar-refractivity contribution in [3.05, 3.63) is 50.7 Å². The van der Waals surface area contributed by atoms with Crippen LogP contribution in [0.25, 0.3) is 11.2 Å². The van der Waals surface area contributed by atoms with Crippen LogP contribution in [0.15, 0.2) is 33.9 Å². The minimum absolute atomic E-state index is 0.225. The van der Waals surface area contributed by atoms with E-state index in [2.05, 4.69) is 37.8 Å². The van der Waals surface area contributed by atoms with Crippen LogP contribution in [0.3, 0.4) is 0 Å². The number of nitrogens with zero attached hydrogens (tertiary/aromatic N) is 5. The second-order valence-electron chi connectivity index (χ2n) is 8.20. The predicted molar refractivity (Wildman–Crippen MR) is 116 cm³/mol. The number of imidazole rings is 1. The van der Waals surface area contributed by atoms with Gasteiger partial charge in [-0.3, -0.25) is 13.9 Å². The van der Waals surface area contributed by atoms with Gasteiger partial charge in [0, 0.05) is 32.4 Å². The van der Waals surface area contributed by atoms with E-state index in [1.165, 1.54) is 9.13 Å². The van der Waals surface area contributed by atoms with Crippen molar-refractivity contribution < 1.29 is 0 Å². The standard InChI is InChI=1S/C22H29N5O2/c1-5-6-9-12-25-20(28)18-19(24(4)22(25)29)23-21-26(13-15(2)14-27(18)21)17-11-8-7-10-16(17)3/h7-8,10-11,15H,5-6,9,12-14H2,1-4H3/t15-/m1/s1. The second-order valence-corrected chi connectivity index (χ2v) is 8.20. The highest BCUT2D eigenvalue weighted by atomic mass is 16.2. The van der Waals surface area contributed by atoms with Crippen LogP contribution in [0.1, 0.15) is 38.7 Å². The Morgan fingerprint density at radius 3 is 2.62 bits per heavy atom. The van der Waals surface area contributed by atoms with Gasteiger partial charge in [-0.05, 0) is 30.9 Å². The van der Waals surface area contributed by atoms with Crippen LogP contribution in [-0.2, 0) is 20.1 Å². The molecule has 7 heteroatoms. The molecular formula is C22H29N5O2. The molecule has 0 spiro atoms. The quantitative estimate of drug-likeness (QED) is 0.623. The zero-order chi connectivity index (χ0) is 20.7. The fraction of sp³-hybridized carbons (Fsp3) is 0.500. The first-order valence-electron chi connectivity index (χ1n) is 10.5. The number of para-hydroxylation sites is 1. The molecule has 0 fully saturated rings. The summed E-state index contributed by atoms with van der Waals surface area (Å²) in [6.07, 6.45) is 2.86. The van der Waals surface area contributed by atoms with Crippen LogP contribution in [-0.4, -0.2) is 25.2 Å². The van der Waals surface area contributed by atoms with Crippen LogP contribution in [0.4, 0.5) is 11.6 Å². The highest BCUT2D eigenvalue weighted by Crippen LogP contribution is 2.34. The average Bonchev–Trinajstić information content (AvgIpc) is 3.08. The summed E-state index contributed by atoms with van der Waals surface area (Å²) in [5.41, 5.74) is 2.73. The molecule has 4 rings (SSSR count). The minimum atomic E-state index is -0.287. The molecule has 0 amide bonds. The molecule has 29 heavy (non-hydrogen) atoms. The molecule has 1 aromatic carbocycles. The summed E-state index contributed by atoms with van der Waals surface area (Å²) in [4.78, 5) is 33.1. The second kappa shape index (κ2) is 7.54. The lowest BCUT2D eigenvalue weighted by Gasteiger charge is -2.33. The highest BCUT2D eigenvalue weighted by Gasteiger charge is 2.30. The first-order valence-corrected chi connectivity index (χ1v) is 10.5. The van der Waals surface area contributed by atoms with Crippen LogP contribution in [0, 0.1) is 12.8 Å². The first kappa shape index (κ1) is 19.5. The molecule has 154 valence electrons. The van der Waals surface area contributed by atoms with Crippen LogP contribution < -0.4 is 16.1 Å². The smallest absolute Gasteiger partial charge is 0.311 e. The third-order valence-corrected chi connectivity index (χ3v) is 5.83. The maximum absolute atomic E-state index is 13.3. The molecule has 3 heterocycles. The molecule has 0 bridgehead atoms. The fourth-order valence-electron chi connectivity index (χ4n) is 4.29. The summed E-state index contributed by atoms with van der Waals surface area (Å²) in [5.74, 6) is 1.09. The molecule has 3 aromatic rings. The van der Waals surface area contributed by atoms with Crippen LogP contribution in [0.5, 0.6) is 0 Å². The Bertz CT molecular complexity index is 1170. The molecule has 0 aliphatic carbocycles. The molecule has 7 nitrogen and oxygen atoms in total. The van der Waals surface area contributed by atoms with Gasteiger partial charge in [-0.2, -0.15) is 4.98 Å². The van der Waals surface area contributed by atoms with Gasteiger partial charge in [0.2, 0.25) is 5.95 Å². The first-order chi connectivity index (χ1) is 13.9. The molecule has 1 aliphatic heterocycles.